The van der Waals surface area contributed by atoms with Gasteiger partial charge >= 0.3 is 12.1 Å². The van der Waals surface area contributed by atoms with Crippen LogP contribution >= 0.6 is 0 Å². The van der Waals surface area contributed by atoms with Gasteiger partial charge in [-0.3, -0.25) is 24.0 Å². The summed E-state index contributed by atoms with van der Waals surface area (Å²) in [6.07, 6.45) is 8.72. The van der Waals surface area contributed by atoms with E-state index in [9.17, 15) is 54.0 Å². The van der Waals surface area contributed by atoms with Crippen LogP contribution in [-0.4, -0.2) is 300 Å². The Kier molecular flexibility index (Phi) is 37.7. The Bertz CT molecular complexity index is 4680. The van der Waals surface area contributed by atoms with Crippen molar-refractivity contribution in [2.75, 3.05) is 138 Å². The van der Waals surface area contributed by atoms with Gasteiger partial charge in [0, 0.05) is 95.7 Å². The van der Waals surface area contributed by atoms with Gasteiger partial charge < -0.3 is 120 Å². The second kappa shape index (κ2) is 48.4. The standard InChI is InChI=1S/C93H135N13O23/c1-57-14-10-9-11-15-58(2)75(118-7)52-68-22-17-62(6)93(117,129-68)84(112)87(113)105-30-13-12-16-71(105)88(114)126-76(53-72(107)59(3)47-61(5)82(110)83(111)81(109)60(4)46-57)69(94)49-63-19-23-74(77(50-63)119-8)128-91(116)103-32-27-92(97,28-33-103)89(115)98-29-35-121-37-39-123-41-43-125-45-44-124-42-40-122-38-36-120-34-26-78(108)104-31-25-65-48-64(18-20-67(65)55-104)54-106-86-79(85(95)99-56-100-86)80(102-106)66-21-24-73-70(51-66)101-90(96)127-73/h9-11,14-15,18,20-21,24,47-48,51,56-57,59-60,62-63,68-69,71-72,74-77,82-83,107,110-111,117H,12-13,16-17,19,22-23,25-46,49-50,52-55,94,97H2,1-8H3,(H2,96,101)(H,98,115)(H2,95,99,100)/b11-9+,14-10+,58-15+,61-47+/t57-,59-,60-,62-,63+,68+,69-,71+,72-,74-,75+,76+,77-,82-,83+,93-/m1/s1. The molecule has 1 saturated carbocycles. The molecule has 129 heavy (non-hydrogen) atoms. The molecule has 5 aliphatic heterocycles. The second-order valence-electron chi connectivity index (χ2n) is 35.3. The van der Waals surface area contributed by atoms with E-state index in [-0.39, 0.29) is 120 Å². The molecule has 3 aromatic heterocycles. The van der Waals surface area contributed by atoms with Crippen LogP contribution in [0, 0.1) is 29.6 Å². The van der Waals surface area contributed by atoms with E-state index >= 15 is 0 Å². The highest BCUT2D eigenvalue weighted by Crippen LogP contribution is 2.40. The van der Waals surface area contributed by atoms with Crippen LogP contribution in [0.3, 0.4) is 0 Å². The summed E-state index contributed by atoms with van der Waals surface area (Å²) in [5.74, 6) is -8.63. The van der Waals surface area contributed by atoms with Crippen molar-refractivity contribution in [3.05, 3.63) is 107 Å². The van der Waals surface area contributed by atoms with Crippen molar-refractivity contribution in [2.45, 2.75) is 230 Å². The number of aromatic nitrogens is 5. The maximum absolute atomic E-state index is 14.8. The van der Waals surface area contributed by atoms with Gasteiger partial charge in [-0.05, 0) is 155 Å². The highest BCUT2D eigenvalue weighted by Gasteiger charge is 2.54. The van der Waals surface area contributed by atoms with Crippen LogP contribution in [0.15, 0.2) is 94.7 Å². The van der Waals surface area contributed by atoms with Gasteiger partial charge in [0.2, 0.25) is 17.6 Å². The number of nitrogens with two attached hydrogens (primary N) is 4. The van der Waals surface area contributed by atoms with Gasteiger partial charge in [-0.15, -0.1) is 0 Å². The van der Waals surface area contributed by atoms with Crippen molar-refractivity contribution < 1.29 is 111 Å². The number of amides is 4. The van der Waals surface area contributed by atoms with Crippen molar-refractivity contribution in [1.29, 1.82) is 0 Å². The first-order chi connectivity index (χ1) is 61.9. The lowest BCUT2D eigenvalue weighted by Crippen LogP contribution is -2.61. The summed E-state index contributed by atoms with van der Waals surface area (Å²) >= 11 is 0. The first-order valence-electron chi connectivity index (χ1n) is 45.5. The number of carbonyl (C=O) groups is 7. The molecule has 13 N–H and O–H groups in total. The molecule has 2 bridgehead atoms. The number of aliphatic hydroxyl groups is 4. The average Bonchev–Trinajstić information content (AvgIpc) is 1.69. The summed E-state index contributed by atoms with van der Waals surface area (Å²) in [5.41, 5.74) is 32.2. The summed E-state index contributed by atoms with van der Waals surface area (Å²) in [7, 11) is 3.07. The zero-order valence-electron chi connectivity index (χ0n) is 75.8. The van der Waals surface area contributed by atoms with Crippen LogP contribution in [0.4, 0.5) is 16.6 Å². The lowest BCUT2D eigenvalue weighted by Gasteiger charge is -2.43. The van der Waals surface area contributed by atoms with Gasteiger partial charge in [0.1, 0.15) is 53.8 Å². The van der Waals surface area contributed by atoms with E-state index in [0.717, 1.165) is 33.6 Å². The Morgan fingerprint density at radius 2 is 1.41 bits per heavy atom. The first kappa shape index (κ1) is 100. The van der Waals surface area contributed by atoms with Crippen LogP contribution in [0.5, 0.6) is 0 Å². The van der Waals surface area contributed by atoms with Crippen LogP contribution in [0.1, 0.15) is 155 Å². The summed E-state index contributed by atoms with van der Waals surface area (Å²) in [6, 6.07) is 9.68. The minimum Gasteiger partial charge on any atom is -0.459 e. The molecule has 4 amide bonds. The number of piperidine rings is 2. The zero-order chi connectivity index (χ0) is 92.5. The Morgan fingerprint density at radius 3 is 2.11 bits per heavy atom. The van der Waals surface area contributed by atoms with Crippen LogP contribution in [-0.2, 0) is 100 Å². The van der Waals surface area contributed by atoms with Gasteiger partial charge in [-0.2, -0.15) is 10.1 Å². The van der Waals surface area contributed by atoms with Gasteiger partial charge in [0.05, 0.1) is 128 Å². The number of carbonyl (C=O) groups excluding carboxylic acids is 7. The number of oxazole rings is 1. The lowest BCUT2D eigenvalue weighted by atomic mass is 9.80. The summed E-state index contributed by atoms with van der Waals surface area (Å²) < 4.78 is 71.6. The molecule has 36 heteroatoms. The number of esters is 1. The van der Waals surface area contributed by atoms with E-state index in [2.05, 4.69) is 32.4 Å². The second-order valence-corrected chi connectivity index (χ2v) is 35.3. The lowest BCUT2D eigenvalue weighted by molar-refractivity contribution is -0.265. The van der Waals surface area contributed by atoms with E-state index in [0.29, 0.717) is 171 Å². The number of hydrogen-bond acceptors (Lipinski definition) is 31. The quantitative estimate of drug-likeness (QED) is 0.0102. The third-order valence-corrected chi connectivity index (χ3v) is 25.8. The highest BCUT2D eigenvalue weighted by atomic mass is 16.6. The molecular formula is C93H135N13O23. The summed E-state index contributed by atoms with van der Waals surface area (Å²) in [5, 5.41) is 55.2. The number of Topliss-reactive ketones (excluding diaryl/α,β-unsaturated/α-hetero) is 2. The number of nitrogen functional groups attached to an aromatic ring is 2. The zero-order valence-corrected chi connectivity index (χ0v) is 75.8. The van der Waals surface area contributed by atoms with E-state index in [4.69, 9.17) is 84.6 Å². The van der Waals surface area contributed by atoms with Crippen molar-refractivity contribution in [2.24, 2.45) is 41.1 Å². The highest BCUT2D eigenvalue weighted by molar-refractivity contribution is 6.39. The van der Waals surface area contributed by atoms with Crippen molar-refractivity contribution in [1.82, 2.24) is 44.7 Å². The van der Waals surface area contributed by atoms with Crippen molar-refractivity contribution >= 4 is 75.3 Å². The summed E-state index contributed by atoms with van der Waals surface area (Å²) in [6.45, 7) is 16.5. The predicted molar refractivity (Wildman–Crippen MR) is 477 cm³/mol. The SMILES string of the molecule is CO[C@H]1C[C@@H]2CC[C@@H](C)[C@@](O)(O2)C(=O)C(=O)N2CCCC[C@H]2C(=O)O[C@H]([C@H](N)C[C@@H]2CC[C@@H](OC(=O)N3CCC(N)(C(=O)NCCOCCOCCOCCOCCOCCOCCC(=O)N4CCc5cc(Cn6nc(-c7ccc8oc(N)nc8c7)c7c(N)ncnc76)ccc5C4)CC3)[C@H](OC)C2)C[C@@H](O)[C@H](C)/C=C(\C)[C@@H](O)[C@@H](O)C(=O)[C@H](C)C[C@H](C)/C=C/C=C/C=C/1C. The van der Waals surface area contributed by atoms with Gasteiger partial charge in [0.25, 0.3) is 17.7 Å². The normalized spacial score (nSPS) is 28.4. The van der Waals surface area contributed by atoms with E-state index in [1.54, 1.807) is 46.9 Å². The molecule has 710 valence electrons. The molecule has 0 radical (unpaired) electrons. The number of ketones is 2. The number of anilines is 2. The number of aliphatic hydroxyl groups excluding tert-OH is 3. The molecule has 8 heterocycles. The number of benzene rings is 2. The van der Waals surface area contributed by atoms with Crippen molar-refractivity contribution in [3.63, 3.8) is 0 Å². The number of ether oxygens (including phenoxy) is 11. The number of methoxy groups -OCH3 is 2. The molecule has 16 atom stereocenters. The predicted octanol–water partition coefficient (Wildman–Crippen LogP) is 6.30. The molecule has 2 aromatic carbocycles. The fraction of sp³-hybridized carbons (Fsp3) is 0.645. The Balaban J connectivity index is 0.539. The molecule has 3 saturated heterocycles. The van der Waals surface area contributed by atoms with E-state index in [1.807, 2.05) is 72.0 Å². The number of nitrogens with zero attached hydrogens (tertiary/aromatic N) is 8. The Hall–Kier alpha value is -9.09. The van der Waals surface area contributed by atoms with Gasteiger partial charge in [0.15, 0.2) is 17.0 Å². The largest absolute Gasteiger partial charge is 0.459 e. The molecular weight excluding hydrogens is 1670 g/mol. The molecule has 6 aliphatic rings. The van der Waals surface area contributed by atoms with E-state index in [1.165, 1.54) is 23.9 Å². The van der Waals surface area contributed by atoms with Gasteiger partial charge in [-0.25, -0.2) is 24.2 Å². The monoisotopic (exact) mass is 1800 g/mol. The smallest absolute Gasteiger partial charge is 0.410 e. The number of rotatable bonds is 31. The minimum atomic E-state index is -2.51. The number of nitrogens with one attached hydrogen (secondary N) is 1. The molecule has 5 aromatic rings. The Labute approximate surface area is 753 Å². The summed E-state index contributed by atoms with van der Waals surface area (Å²) in [4.78, 5) is 115. The number of likely N-dealkylation sites (tertiary alicyclic amines) is 1. The number of hydrogen-bond donors (Lipinski definition) is 9. The molecule has 0 spiro atoms. The van der Waals surface area contributed by atoms with Crippen molar-refractivity contribution in [3.8, 4) is 11.3 Å². The number of cyclic esters (lactones) is 1. The maximum Gasteiger partial charge on any atom is 0.410 e. The van der Waals surface area contributed by atoms with Gasteiger partial charge in [-0.1, -0.05) is 82.4 Å². The Morgan fingerprint density at radius 1 is 0.713 bits per heavy atom. The molecule has 36 nitrogen and oxygen atoms in total. The van der Waals surface area contributed by atoms with E-state index < -0.39 is 120 Å². The van der Waals surface area contributed by atoms with Crippen LogP contribution in [0.2, 0.25) is 0 Å². The minimum absolute atomic E-state index is 0.00374. The van der Waals surface area contributed by atoms with Crippen LogP contribution in [0.25, 0.3) is 33.4 Å². The molecule has 11 rings (SSSR count). The number of allylic oxidation sites excluding steroid dienone is 5. The number of fused-ring (bicyclic) bond motifs is 6. The third-order valence-electron chi connectivity index (χ3n) is 25.8. The topological polar surface area (TPSA) is 497 Å². The third kappa shape index (κ3) is 27.3. The average molecular weight is 1800 g/mol. The molecule has 1 aliphatic carbocycles. The molecule has 4 fully saturated rings. The fourth-order valence-electron chi connectivity index (χ4n) is 17.9. The molecule has 0 unspecified atom stereocenters. The first-order valence-corrected chi connectivity index (χ1v) is 45.5. The maximum atomic E-state index is 14.8. The fourth-order valence-corrected chi connectivity index (χ4v) is 17.9. The van der Waals surface area contributed by atoms with Crippen LogP contribution < -0.4 is 28.3 Å².